The van der Waals surface area contributed by atoms with Crippen LogP contribution in [0.2, 0.25) is 5.02 Å². The van der Waals surface area contributed by atoms with E-state index in [1.807, 2.05) is 66.9 Å². The molecule has 1 aliphatic rings. The quantitative estimate of drug-likeness (QED) is 0.195. The predicted octanol–water partition coefficient (Wildman–Crippen LogP) is 6.62. The third-order valence-corrected chi connectivity index (χ3v) is 8.02. The summed E-state index contributed by atoms with van der Waals surface area (Å²) < 4.78 is 0. The molecule has 9 heteroatoms. The highest BCUT2D eigenvalue weighted by Crippen LogP contribution is 2.28. The van der Waals surface area contributed by atoms with Crippen LogP contribution in [0.1, 0.15) is 48.9 Å². The number of imidazole rings is 1. The van der Waals surface area contributed by atoms with E-state index in [2.05, 4.69) is 9.97 Å². The van der Waals surface area contributed by atoms with Crippen molar-refractivity contribution >= 4 is 56.9 Å². The topological polar surface area (TPSA) is 102 Å². The number of carbonyl (C=O) groups is 3. The minimum atomic E-state index is -0.324. The SMILES string of the molecule is O=C1c2ccccc2C(=O)N1CCCN(C(=O)c1nc2c(Cc3ccccc3)cc(Cl)cc2[nH]1)c1ccc2[nH]ccc2c1. The molecule has 2 aromatic heterocycles. The number of carbonyl (C=O) groups excluding carboxylic acids is 3. The van der Waals surface area contributed by atoms with Gasteiger partial charge in [0.1, 0.15) is 0 Å². The van der Waals surface area contributed by atoms with Crippen LogP contribution in [0.5, 0.6) is 0 Å². The van der Waals surface area contributed by atoms with Crippen LogP contribution < -0.4 is 4.90 Å². The molecule has 0 radical (unpaired) electrons. The Morgan fingerprint density at radius 2 is 1.60 bits per heavy atom. The Bertz CT molecular complexity index is 2000. The number of rotatable bonds is 8. The van der Waals surface area contributed by atoms with Crippen LogP contribution in [0.3, 0.4) is 0 Å². The van der Waals surface area contributed by atoms with Gasteiger partial charge in [-0.15, -0.1) is 0 Å². The molecule has 4 aromatic carbocycles. The lowest BCUT2D eigenvalue weighted by Crippen LogP contribution is -2.36. The summed E-state index contributed by atoms with van der Waals surface area (Å²) in [6.45, 7) is 0.441. The van der Waals surface area contributed by atoms with Gasteiger partial charge < -0.3 is 14.9 Å². The molecule has 0 unspecified atom stereocenters. The molecule has 1 aliphatic heterocycles. The number of aromatic amines is 2. The van der Waals surface area contributed by atoms with Crippen molar-refractivity contribution in [2.24, 2.45) is 0 Å². The summed E-state index contributed by atoms with van der Waals surface area (Å²) in [4.78, 5) is 54.0. The lowest BCUT2D eigenvalue weighted by Gasteiger charge is -2.23. The molecular formula is C34H26ClN5O3. The summed E-state index contributed by atoms with van der Waals surface area (Å²) in [5.41, 5.74) is 5.83. The first-order valence-electron chi connectivity index (χ1n) is 14.0. The molecule has 3 amide bonds. The van der Waals surface area contributed by atoms with Crippen molar-refractivity contribution < 1.29 is 14.4 Å². The second-order valence-electron chi connectivity index (χ2n) is 10.6. The number of hydrogen-bond donors (Lipinski definition) is 2. The maximum absolute atomic E-state index is 14.1. The first-order valence-corrected chi connectivity index (χ1v) is 14.4. The van der Waals surface area contributed by atoms with Crippen LogP contribution in [0.15, 0.2) is 97.2 Å². The minimum Gasteiger partial charge on any atom is -0.361 e. The van der Waals surface area contributed by atoms with Crippen molar-refractivity contribution in [2.75, 3.05) is 18.0 Å². The number of nitrogens with one attached hydrogen (secondary N) is 2. The van der Waals surface area contributed by atoms with Gasteiger partial charge in [0.15, 0.2) is 5.82 Å². The van der Waals surface area contributed by atoms with Crippen LogP contribution in [0.4, 0.5) is 5.69 Å². The van der Waals surface area contributed by atoms with Crippen molar-refractivity contribution in [1.29, 1.82) is 0 Å². The molecule has 0 saturated carbocycles. The molecule has 6 aromatic rings. The smallest absolute Gasteiger partial charge is 0.294 e. The zero-order valence-electron chi connectivity index (χ0n) is 23.0. The fourth-order valence-electron chi connectivity index (χ4n) is 5.72. The van der Waals surface area contributed by atoms with E-state index in [1.54, 1.807) is 35.2 Å². The first kappa shape index (κ1) is 26.7. The van der Waals surface area contributed by atoms with E-state index in [4.69, 9.17) is 16.6 Å². The van der Waals surface area contributed by atoms with Gasteiger partial charge in [-0.05, 0) is 72.5 Å². The predicted molar refractivity (Wildman–Crippen MR) is 167 cm³/mol. The van der Waals surface area contributed by atoms with Crippen LogP contribution in [-0.4, -0.2) is 50.7 Å². The summed E-state index contributed by atoms with van der Waals surface area (Å²) in [5.74, 6) is -0.767. The summed E-state index contributed by atoms with van der Waals surface area (Å²) in [7, 11) is 0. The Morgan fingerprint density at radius 3 is 2.37 bits per heavy atom. The molecule has 8 nitrogen and oxygen atoms in total. The largest absolute Gasteiger partial charge is 0.361 e. The van der Waals surface area contributed by atoms with Gasteiger partial charge in [-0.25, -0.2) is 4.98 Å². The fraction of sp³-hybridized carbons (Fsp3) is 0.118. The second kappa shape index (κ2) is 10.9. The fourth-order valence-corrected chi connectivity index (χ4v) is 5.96. The van der Waals surface area contributed by atoms with Crippen molar-refractivity contribution in [2.45, 2.75) is 12.8 Å². The highest BCUT2D eigenvalue weighted by Gasteiger charge is 2.35. The Kier molecular flexibility index (Phi) is 6.75. The van der Waals surface area contributed by atoms with E-state index in [0.29, 0.717) is 45.7 Å². The molecule has 43 heavy (non-hydrogen) atoms. The number of hydrogen-bond acceptors (Lipinski definition) is 4. The zero-order valence-corrected chi connectivity index (χ0v) is 23.8. The van der Waals surface area contributed by atoms with Crippen molar-refractivity contribution in [1.82, 2.24) is 19.9 Å². The highest BCUT2D eigenvalue weighted by atomic mass is 35.5. The number of fused-ring (bicyclic) bond motifs is 3. The molecule has 0 saturated heterocycles. The third-order valence-electron chi connectivity index (χ3n) is 7.81. The number of nitrogens with zero attached hydrogens (tertiary/aromatic N) is 3. The van der Waals surface area contributed by atoms with Gasteiger partial charge in [0.25, 0.3) is 17.7 Å². The number of aromatic nitrogens is 3. The lowest BCUT2D eigenvalue weighted by atomic mass is 10.0. The maximum Gasteiger partial charge on any atom is 0.294 e. The van der Waals surface area contributed by atoms with Crippen LogP contribution in [-0.2, 0) is 6.42 Å². The van der Waals surface area contributed by atoms with E-state index < -0.39 is 0 Å². The van der Waals surface area contributed by atoms with Gasteiger partial charge in [-0.3, -0.25) is 19.3 Å². The Hall–Kier alpha value is -5.21. The van der Waals surface area contributed by atoms with Gasteiger partial charge in [0.2, 0.25) is 0 Å². The van der Waals surface area contributed by atoms with E-state index in [1.165, 1.54) is 4.90 Å². The molecule has 3 heterocycles. The molecule has 0 spiro atoms. The standard InChI is InChI=1S/C34H26ClN5O3/c35-24-18-23(17-21-7-2-1-3-8-21)30-29(20-24)37-31(38-30)34(43)39(25-11-12-28-22(19-25)13-14-36-28)15-6-16-40-32(41)26-9-4-5-10-27(26)33(40)42/h1-5,7-14,18-20,36H,6,15-17H2,(H,37,38). The summed E-state index contributed by atoms with van der Waals surface area (Å²) in [6, 6.07) is 28.2. The number of imide groups is 1. The van der Waals surface area contributed by atoms with Gasteiger partial charge >= 0.3 is 0 Å². The third kappa shape index (κ3) is 4.96. The van der Waals surface area contributed by atoms with Crippen LogP contribution >= 0.6 is 11.6 Å². The zero-order chi connectivity index (χ0) is 29.5. The Morgan fingerprint density at radius 1 is 0.860 bits per heavy atom. The van der Waals surface area contributed by atoms with E-state index in [0.717, 1.165) is 22.0 Å². The molecule has 7 rings (SSSR count). The summed E-state index contributed by atoms with van der Waals surface area (Å²) in [5, 5.41) is 1.51. The molecular weight excluding hydrogens is 562 g/mol. The normalized spacial score (nSPS) is 12.8. The average molecular weight is 588 g/mol. The van der Waals surface area contributed by atoms with E-state index >= 15 is 0 Å². The van der Waals surface area contributed by atoms with Gasteiger partial charge in [-0.1, -0.05) is 54.1 Å². The van der Waals surface area contributed by atoms with Gasteiger partial charge in [-0.2, -0.15) is 0 Å². The van der Waals surface area contributed by atoms with Crippen molar-refractivity contribution in [3.8, 4) is 0 Å². The minimum absolute atomic E-state index is 0.180. The maximum atomic E-state index is 14.1. The molecule has 0 atom stereocenters. The van der Waals surface area contributed by atoms with Crippen LogP contribution in [0, 0.1) is 0 Å². The molecule has 0 aliphatic carbocycles. The van der Waals surface area contributed by atoms with Crippen molar-refractivity contribution in [3.63, 3.8) is 0 Å². The monoisotopic (exact) mass is 587 g/mol. The van der Waals surface area contributed by atoms with Crippen LogP contribution in [0.25, 0.3) is 21.9 Å². The van der Waals surface area contributed by atoms with Crippen molar-refractivity contribution in [3.05, 3.63) is 130 Å². The number of halogens is 1. The Balaban J connectivity index is 1.19. The average Bonchev–Trinajstić information content (AvgIpc) is 3.73. The number of benzene rings is 4. The van der Waals surface area contributed by atoms with Gasteiger partial charge in [0.05, 0.1) is 22.2 Å². The summed E-state index contributed by atoms with van der Waals surface area (Å²) in [6.07, 6.45) is 2.85. The van der Waals surface area contributed by atoms with E-state index in [-0.39, 0.29) is 36.6 Å². The number of amides is 3. The second-order valence-corrected chi connectivity index (χ2v) is 11.0. The molecule has 0 bridgehead atoms. The lowest BCUT2D eigenvalue weighted by molar-refractivity contribution is 0.0653. The highest BCUT2D eigenvalue weighted by molar-refractivity contribution is 6.31. The van der Waals surface area contributed by atoms with Gasteiger partial charge in [0, 0.05) is 40.9 Å². The summed E-state index contributed by atoms with van der Waals surface area (Å²) >= 11 is 6.46. The van der Waals surface area contributed by atoms with E-state index in [9.17, 15) is 14.4 Å². The number of H-pyrrole nitrogens is 2. The molecule has 212 valence electrons. The number of anilines is 1. The first-order chi connectivity index (χ1) is 21.0. The Labute approximate surface area is 251 Å². The molecule has 0 fully saturated rings. The molecule has 2 N–H and O–H groups in total.